The molecule has 0 atom stereocenters. The lowest BCUT2D eigenvalue weighted by atomic mass is 9.99. The van der Waals surface area contributed by atoms with Crippen molar-refractivity contribution in [3.05, 3.63) is 24.3 Å². The van der Waals surface area contributed by atoms with Crippen LogP contribution in [0.1, 0.15) is 0 Å². The summed E-state index contributed by atoms with van der Waals surface area (Å²) >= 11 is 0. The number of benzene rings is 2. The predicted octanol–water partition coefficient (Wildman–Crippen LogP) is 2.31. The van der Waals surface area contributed by atoms with Gasteiger partial charge in [-0.05, 0) is 24.3 Å². The van der Waals surface area contributed by atoms with E-state index in [4.69, 9.17) is 18.9 Å². The maximum atomic E-state index is 10.3. The average molecular weight is 302 g/mol. The van der Waals surface area contributed by atoms with Crippen LogP contribution in [-0.4, -0.2) is 36.6 Å². The number of fused-ring (bicyclic) bond motifs is 2. The number of phenols is 2. The molecule has 0 aliphatic carbocycles. The summed E-state index contributed by atoms with van der Waals surface area (Å²) < 4.78 is 22.4. The van der Waals surface area contributed by atoms with E-state index in [9.17, 15) is 10.2 Å². The molecule has 0 amide bonds. The van der Waals surface area contributed by atoms with Gasteiger partial charge >= 0.3 is 0 Å². The summed E-state index contributed by atoms with van der Waals surface area (Å²) in [6.07, 6.45) is 0. The molecule has 0 bridgehead atoms. The van der Waals surface area contributed by atoms with Crippen molar-refractivity contribution in [2.24, 2.45) is 0 Å². The highest BCUT2D eigenvalue weighted by molar-refractivity contribution is 5.88. The maximum absolute atomic E-state index is 10.3. The zero-order valence-electron chi connectivity index (χ0n) is 11.7. The molecule has 2 aromatic rings. The van der Waals surface area contributed by atoms with Gasteiger partial charge in [-0.15, -0.1) is 0 Å². The highest BCUT2D eigenvalue weighted by Gasteiger charge is 2.28. The Morgan fingerprint density at radius 1 is 0.591 bits per heavy atom. The van der Waals surface area contributed by atoms with E-state index in [-0.39, 0.29) is 11.5 Å². The van der Waals surface area contributed by atoms with Crippen LogP contribution >= 0.6 is 0 Å². The fourth-order valence-corrected chi connectivity index (χ4v) is 2.69. The number of hydrogen-bond acceptors (Lipinski definition) is 6. The highest BCUT2D eigenvalue weighted by atomic mass is 16.6. The summed E-state index contributed by atoms with van der Waals surface area (Å²) in [6, 6.07) is 6.28. The van der Waals surface area contributed by atoms with Gasteiger partial charge < -0.3 is 29.2 Å². The third-order valence-electron chi connectivity index (χ3n) is 3.62. The van der Waals surface area contributed by atoms with Crippen LogP contribution in [0.15, 0.2) is 24.3 Å². The van der Waals surface area contributed by atoms with Crippen LogP contribution in [0.4, 0.5) is 0 Å². The van der Waals surface area contributed by atoms with Gasteiger partial charge in [-0.1, -0.05) is 0 Å². The summed E-state index contributed by atoms with van der Waals surface area (Å²) in [7, 11) is 0. The second kappa shape index (κ2) is 4.91. The molecule has 0 unspecified atom stereocenters. The van der Waals surface area contributed by atoms with Crippen LogP contribution < -0.4 is 18.9 Å². The van der Waals surface area contributed by atoms with Crippen molar-refractivity contribution in [3.63, 3.8) is 0 Å². The van der Waals surface area contributed by atoms with E-state index in [0.717, 1.165) is 0 Å². The maximum Gasteiger partial charge on any atom is 0.173 e. The van der Waals surface area contributed by atoms with Crippen LogP contribution in [-0.2, 0) is 0 Å². The third kappa shape index (κ3) is 1.88. The van der Waals surface area contributed by atoms with Crippen LogP contribution in [0, 0.1) is 0 Å². The molecule has 0 aromatic heterocycles. The average Bonchev–Trinajstić information content (AvgIpc) is 2.56. The fraction of sp³-hybridized carbons (Fsp3) is 0.250. The van der Waals surface area contributed by atoms with Gasteiger partial charge in [0.15, 0.2) is 23.0 Å². The van der Waals surface area contributed by atoms with E-state index in [0.29, 0.717) is 60.6 Å². The second-order valence-corrected chi connectivity index (χ2v) is 4.97. The molecule has 114 valence electrons. The first-order chi connectivity index (χ1) is 10.8. The lowest BCUT2D eigenvalue weighted by Crippen LogP contribution is -2.17. The van der Waals surface area contributed by atoms with E-state index in [1.165, 1.54) is 12.1 Å². The zero-order valence-corrected chi connectivity index (χ0v) is 11.7. The molecule has 2 aromatic carbocycles. The number of ether oxygens (including phenoxy) is 4. The van der Waals surface area contributed by atoms with Crippen LogP contribution in [0.2, 0.25) is 0 Å². The first kappa shape index (κ1) is 12.9. The lowest BCUT2D eigenvalue weighted by molar-refractivity contribution is 0.168. The van der Waals surface area contributed by atoms with Crippen LogP contribution in [0.5, 0.6) is 34.5 Å². The molecule has 0 radical (unpaired) electrons. The van der Waals surface area contributed by atoms with Crippen LogP contribution in [0.25, 0.3) is 11.1 Å². The number of hydrogen-bond donors (Lipinski definition) is 2. The van der Waals surface area contributed by atoms with Crippen molar-refractivity contribution in [1.29, 1.82) is 0 Å². The lowest BCUT2D eigenvalue weighted by Gasteiger charge is -2.25. The molecule has 2 heterocycles. The molecule has 0 saturated heterocycles. The Hall–Kier alpha value is -2.76. The Morgan fingerprint density at radius 2 is 1.00 bits per heavy atom. The molecule has 4 rings (SSSR count). The standard InChI is InChI=1S/C16H14O6/c17-9-1-3-11-15(21-7-5-19-11)13(9)14-10(18)2-4-12-16(14)22-8-6-20-12/h1-4,17-18H,5-8H2. The van der Waals surface area contributed by atoms with Gasteiger partial charge in [0.05, 0.1) is 11.1 Å². The Kier molecular flexibility index (Phi) is 2.89. The topological polar surface area (TPSA) is 77.4 Å². The smallest absolute Gasteiger partial charge is 0.173 e. The van der Waals surface area contributed by atoms with Gasteiger partial charge in [0.2, 0.25) is 0 Å². The fourth-order valence-electron chi connectivity index (χ4n) is 2.69. The number of rotatable bonds is 1. The summed E-state index contributed by atoms with van der Waals surface area (Å²) in [5.74, 6) is 1.78. The molecular weight excluding hydrogens is 288 g/mol. The first-order valence-corrected chi connectivity index (χ1v) is 6.99. The molecule has 0 spiro atoms. The van der Waals surface area contributed by atoms with Crippen LogP contribution in [0.3, 0.4) is 0 Å². The normalized spacial score (nSPS) is 15.5. The van der Waals surface area contributed by atoms with E-state index in [2.05, 4.69) is 0 Å². The Labute approximate surface area is 126 Å². The van der Waals surface area contributed by atoms with Gasteiger partial charge in [-0.2, -0.15) is 0 Å². The van der Waals surface area contributed by atoms with Gasteiger partial charge in [-0.25, -0.2) is 0 Å². The molecule has 2 aliphatic rings. The molecule has 22 heavy (non-hydrogen) atoms. The van der Waals surface area contributed by atoms with Gasteiger partial charge in [0, 0.05) is 0 Å². The minimum Gasteiger partial charge on any atom is -0.507 e. The van der Waals surface area contributed by atoms with E-state index in [1.54, 1.807) is 12.1 Å². The van der Waals surface area contributed by atoms with E-state index < -0.39 is 0 Å². The summed E-state index contributed by atoms with van der Waals surface area (Å²) in [5, 5.41) is 20.6. The Balaban J connectivity index is 2.00. The molecule has 2 aliphatic heterocycles. The molecule has 6 nitrogen and oxygen atoms in total. The molecule has 6 heteroatoms. The van der Waals surface area contributed by atoms with Crippen molar-refractivity contribution in [3.8, 4) is 45.6 Å². The SMILES string of the molecule is Oc1ccc2c(c1-c1c(O)ccc3c1OCCO3)OCCO2. The van der Waals surface area contributed by atoms with E-state index >= 15 is 0 Å². The van der Waals surface area contributed by atoms with Crippen molar-refractivity contribution in [2.75, 3.05) is 26.4 Å². The molecule has 2 N–H and O–H groups in total. The van der Waals surface area contributed by atoms with Crippen molar-refractivity contribution in [1.82, 2.24) is 0 Å². The summed E-state index contributed by atoms with van der Waals surface area (Å²) in [6.45, 7) is 1.62. The Morgan fingerprint density at radius 3 is 1.45 bits per heavy atom. The monoisotopic (exact) mass is 302 g/mol. The van der Waals surface area contributed by atoms with Crippen molar-refractivity contribution < 1.29 is 29.2 Å². The molecule has 0 fully saturated rings. The van der Waals surface area contributed by atoms with Gasteiger partial charge in [-0.3, -0.25) is 0 Å². The van der Waals surface area contributed by atoms with E-state index in [1.807, 2.05) is 0 Å². The van der Waals surface area contributed by atoms with Gasteiger partial charge in [0.25, 0.3) is 0 Å². The summed E-state index contributed by atoms with van der Waals surface area (Å²) in [5.41, 5.74) is 0.689. The number of aromatic hydroxyl groups is 2. The first-order valence-electron chi connectivity index (χ1n) is 6.99. The Bertz CT molecular complexity index is 676. The third-order valence-corrected chi connectivity index (χ3v) is 3.62. The molecule has 0 saturated carbocycles. The predicted molar refractivity (Wildman–Crippen MR) is 77.2 cm³/mol. The molecular formula is C16H14O6. The van der Waals surface area contributed by atoms with Gasteiger partial charge in [0.1, 0.15) is 37.9 Å². The minimum atomic E-state index is -0.0258. The summed E-state index contributed by atoms with van der Waals surface area (Å²) in [4.78, 5) is 0. The number of phenolic OH excluding ortho intramolecular Hbond substituents is 2. The largest absolute Gasteiger partial charge is 0.507 e. The second-order valence-electron chi connectivity index (χ2n) is 4.97. The van der Waals surface area contributed by atoms with Crippen molar-refractivity contribution >= 4 is 0 Å². The highest BCUT2D eigenvalue weighted by Crippen LogP contribution is 2.54. The zero-order chi connectivity index (χ0) is 15.1. The quantitative estimate of drug-likeness (QED) is 0.841. The van der Waals surface area contributed by atoms with Crippen molar-refractivity contribution in [2.45, 2.75) is 0 Å². The minimum absolute atomic E-state index is 0.0258.